The smallest absolute Gasteiger partial charge is 0.145 e. The molecule has 0 fully saturated rings. The normalized spacial score (nSPS) is 13.9. The molecule has 0 aliphatic carbocycles. The molecule has 0 atom stereocenters. The van der Waals surface area contributed by atoms with Gasteiger partial charge in [-0.2, -0.15) is 5.26 Å². The topological polar surface area (TPSA) is 52.5 Å². The molecular formula is C26H20BrN3OS. The molecule has 4 aromatic rings. The molecule has 5 rings (SSSR count). The molecule has 0 unspecified atom stereocenters. The minimum absolute atomic E-state index is 0.668. The highest BCUT2D eigenvalue weighted by atomic mass is 79.9. The average molecular weight is 502 g/mol. The number of benzene rings is 2. The first kappa shape index (κ1) is 20.9. The number of nitriles is 1. The molecule has 0 radical (unpaired) electrons. The van der Waals surface area contributed by atoms with Crippen molar-refractivity contribution in [3.8, 4) is 17.4 Å². The van der Waals surface area contributed by atoms with Gasteiger partial charge in [-0.25, -0.2) is 4.99 Å². The van der Waals surface area contributed by atoms with Crippen LogP contribution in [0.2, 0.25) is 0 Å². The Morgan fingerprint density at radius 3 is 2.81 bits per heavy atom. The Bertz CT molecular complexity index is 1320. The molecule has 0 saturated carbocycles. The highest BCUT2D eigenvalue weighted by Crippen LogP contribution is 2.38. The van der Waals surface area contributed by atoms with Crippen LogP contribution in [0.3, 0.4) is 0 Å². The molecule has 2 aromatic heterocycles. The number of thiophene rings is 1. The number of hydrogen-bond donors (Lipinski definition) is 0. The van der Waals surface area contributed by atoms with Crippen LogP contribution in [-0.2, 0) is 19.5 Å². The predicted molar refractivity (Wildman–Crippen MR) is 132 cm³/mol. The molecule has 3 heterocycles. The Balaban J connectivity index is 1.34. The SMILES string of the molecule is N#Cc1c(N=Cc2ccc(-c3cccc(Br)c3)o2)sc2c1CCN(Cc1ccccc1)C2. The summed E-state index contributed by atoms with van der Waals surface area (Å²) in [6.07, 6.45) is 2.59. The summed E-state index contributed by atoms with van der Waals surface area (Å²) >= 11 is 5.11. The highest BCUT2D eigenvalue weighted by molar-refractivity contribution is 9.10. The van der Waals surface area contributed by atoms with Crippen LogP contribution in [0.5, 0.6) is 0 Å². The summed E-state index contributed by atoms with van der Waals surface area (Å²) in [5.74, 6) is 1.45. The molecule has 0 spiro atoms. The van der Waals surface area contributed by atoms with E-state index in [9.17, 15) is 5.26 Å². The maximum absolute atomic E-state index is 9.78. The van der Waals surface area contributed by atoms with Crippen molar-refractivity contribution in [2.24, 2.45) is 4.99 Å². The van der Waals surface area contributed by atoms with Gasteiger partial charge in [-0.15, -0.1) is 11.3 Å². The highest BCUT2D eigenvalue weighted by Gasteiger charge is 2.24. The number of furan rings is 1. The van der Waals surface area contributed by atoms with Crippen molar-refractivity contribution in [3.05, 3.63) is 98.5 Å². The van der Waals surface area contributed by atoms with Crippen LogP contribution in [0.15, 0.2) is 80.6 Å². The van der Waals surface area contributed by atoms with Gasteiger partial charge in [0.05, 0.1) is 11.8 Å². The van der Waals surface area contributed by atoms with Gasteiger partial charge in [-0.1, -0.05) is 58.4 Å². The monoisotopic (exact) mass is 501 g/mol. The van der Waals surface area contributed by atoms with Crippen LogP contribution in [0.25, 0.3) is 11.3 Å². The molecule has 0 N–H and O–H groups in total. The Kier molecular flexibility index (Phi) is 6.04. The van der Waals surface area contributed by atoms with E-state index in [1.54, 1.807) is 17.6 Å². The summed E-state index contributed by atoms with van der Waals surface area (Å²) in [6, 6.07) is 24.7. The quantitative estimate of drug-likeness (QED) is 0.278. The number of aliphatic imine (C=N–C) groups is 1. The molecule has 1 aliphatic heterocycles. The summed E-state index contributed by atoms with van der Waals surface area (Å²) in [6.45, 7) is 2.72. The fourth-order valence-corrected chi connectivity index (χ4v) is 5.55. The van der Waals surface area contributed by atoms with E-state index in [-0.39, 0.29) is 0 Å². The second kappa shape index (κ2) is 9.25. The van der Waals surface area contributed by atoms with Crippen molar-refractivity contribution >= 4 is 38.5 Å². The minimum Gasteiger partial charge on any atom is -0.455 e. The van der Waals surface area contributed by atoms with E-state index in [1.165, 1.54) is 10.4 Å². The van der Waals surface area contributed by atoms with Gasteiger partial charge in [0.1, 0.15) is 22.6 Å². The van der Waals surface area contributed by atoms with Crippen LogP contribution in [0, 0.1) is 11.3 Å². The number of nitrogens with zero attached hydrogens (tertiary/aromatic N) is 3. The second-order valence-electron chi connectivity index (χ2n) is 7.71. The maximum Gasteiger partial charge on any atom is 0.145 e. The van der Waals surface area contributed by atoms with Gasteiger partial charge in [0, 0.05) is 34.5 Å². The fraction of sp³-hybridized carbons (Fsp3) is 0.154. The van der Waals surface area contributed by atoms with Crippen LogP contribution >= 0.6 is 27.3 Å². The summed E-state index contributed by atoms with van der Waals surface area (Å²) in [4.78, 5) is 8.31. The molecule has 32 heavy (non-hydrogen) atoms. The Labute approximate surface area is 199 Å². The molecular weight excluding hydrogens is 482 g/mol. The lowest BCUT2D eigenvalue weighted by molar-refractivity contribution is 0.249. The van der Waals surface area contributed by atoms with Gasteiger partial charge in [0.25, 0.3) is 0 Å². The third kappa shape index (κ3) is 4.46. The zero-order valence-electron chi connectivity index (χ0n) is 17.3. The fourth-order valence-electron chi connectivity index (χ4n) is 3.97. The van der Waals surface area contributed by atoms with Crippen molar-refractivity contribution in [1.29, 1.82) is 5.26 Å². The van der Waals surface area contributed by atoms with Gasteiger partial charge in [0.2, 0.25) is 0 Å². The van der Waals surface area contributed by atoms with E-state index < -0.39 is 0 Å². The number of halogens is 1. The van der Waals surface area contributed by atoms with Crippen molar-refractivity contribution < 1.29 is 4.42 Å². The standard InChI is InChI=1S/C26H20BrN3OS/c27-20-8-4-7-19(13-20)24-10-9-21(31-24)15-29-26-23(14-28)22-11-12-30(17-25(22)32-26)16-18-5-2-1-3-6-18/h1-10,13,15H,11-12,16-17H2. The lowest BCUT2D eigenvalue weighted by Gasteiger charge is -2.26. The Morgan fingerprint density at radius 2 is 2.00 bits per heavy atom. The zero-order chi connectivity index (χ0) is 21.9. The van der Waals surface area contributed by atoms with Gasteiger partial charge in [-0.05, 0) is 41.8 Å². The minimum atomic E-state index is 0.668. The molecule has 158 valence electrons. The number of fused-ring (bicyclic) bond motifs is 1. The van der Waals surface area contributed by atoms with Crippen molar-refractivity contribution in [1.82, 2.24) is 4.90 Å². The number of rotatable bonds is 5. The van der Waals surface area contributed by atoms with E-state index in [2.05, 4.69) is 56.2 Å². The summed E-state index contributed by atoms with van der Waals surface area (Å²) in [7, 11) is 0. The van der Waals surface area contributed by atoms with Gasteiger partial charge in [-0.3, -0.25) is 4.90 Å². The van der Waals surface area contributed by atoms with E-state index in [0.717, 1.165) is 52.4 Å². The van der Waals surface area contributed by atoms with Crippen LogP contribution in [0.4, 0.5) is 5.00 Å². The molecule has 1 aliphatic rings. The molecule has 0 amide bonds. The third-order valence-corrected chi connectivity index (χ3v) is 7.14. The van der Waals surface area contributed by atoms with E-state index in [0.29, 0.717) is 11.3 Å². The third-order valence-electron chi connectivity index (χ3n) is 5.52. The first-order valence-corrected chi connectivity index (χ1v) is 12.0. The van der Waals surface area contributed by atoms with Crippen LogP contribution in [0.1, 0.15) is 27.3 Å². The van der Waals surface area contributed by atoms with Crippen molar-refractivity contribution in [2.75, 3.05) is 6.54 Å². The van der Waals surface area contributed by atoms with Crippen LogP contribution in [-0.4, -0.2) is 17.7 Å². The molecule has 4 nitrogen and oxygen atoms in total. The first-order valence-electron chi connectivity index (χ1n) is 10.4. The lowest BCUT2D eigenvalue weighted by Crippen LogP contribution is -2.29. The second-order valence-corrected chi connectivity index (χ2v) is 9.71. The van der Waals surface area contributed by atoms with Gasteiger partial charge >= 0.3 is 0 Å². The molecule has 0 saturated heterocycles. The lowest BCUT2D eigenvalue weighted by atomic mass is 10.0. The van der Waals surface area contributed by atoms with Gasteiger partial charge < -0.3 is 4.42 Å². The Morgan fingerprint density at radius 1 is 1.12 bits per heavy atom. The summed E-state index contributed by atoms with van der Waals surface area (Å²) in [5, 5.41) is 10.5. The molecule has 2 aromatic carbocycles. The van der Waals surface area contributed by atoms with Crippen LogP contribution < -0.4 is 0 Å². The number of hydrogen-bond acceptors (Lipinski definition) is 5. The van der Waals surface area contributed by atoms with E-state index >= 15 is 0 Å². The molecule has 6 heteroatoms. The van der Waals surface area contributed by atoms with Crippen molar-refractivity contribution in [2.45, 2.75) is 19.5 Å². The average Bonchev–Trinajstić information content (AvgIpc) is 3.42. The maximum atomic E-state index is 9.78. The van der Waals surface area contributed by atoms with E-state index in [4.69, 9.17) is 4.42 Å². The first-order chi connectivity index (χ1) is 15.7. The zero-order valence-corrected chi connectivity index (χ0v) is 19.7. The largest absolute Gasteiger partial charge is 0.455 e. The van der Waals surface area contributed by atoms with E-state index in [1.807, 2.05) is 42.5 Å². The summed E-state index contributed by atoms with van der Waals surface area (Å²) in [5.41, 5.74) is 4.18. The van der Waals surface area contributed by atoms with Crippen molar-refractivity contribution in [3.63, 3.8) is 0 Å². The van der Waals surface area contributed by atoms with Gasteiger partial charge in [0.15, 0.2) is 0 Å². The Hall–Kier alpha value is -2.98. The summed E-state index contributed by atoms with van der Waals surface area (Å²) < 4.78 is 6.95. The predicted octanol–water partition coefficient (Wildman–Crippen LogP) is 6.95. The molecule has 0 bridgehead atoms.